The van der Waals surface area contributed by atoms with Gasteiger partial charge in [-0.15, -0.1) is 0 Å². The Kier molecular flexibility index (Phi) is 8.09. The first-order chi connectivity index (χ1) is 17.1. The van der Waals surface area contributed by atoms with Gasteiger partial charge in [-0.3, -0.25) is 14.9 Å². The van der Waals surface area contributed by atoms with Crippen LogP contribution in [0.2, 0.25) is 0 Å². The third-order valence-electron chi connectivity index (χ3n) is 5.60. The molecule has 2 aromatic rings. The number of halogens is 4. The first-order valence-corrected chi connectivity index (χ1v) is 11.6. The summed E-state index contributed by atoms with van der Waals surface area (Å²) in [6.07, 6.45) is -3.86. The number of anilines is 2. The van der Waals surface area contributed by atoms with Gasteiger partial charge in [-0.05, 0) is 63.3 Å². The largest absolute Gasteiger partial charge is 0.444 e. The second-order valence-electron chi connectivity index (χ2n) is 9.91. The Morgan fingerprint density at radius 2 is 1.70 bits per heavy atom. The second-order valence-corrected chi connectivity index (χ2v) is 9.91. The van der Waals surface area contributed by atoms with E-state index in [0.717, 1.165) is 12.6 Å². The minimum atomic E-state index is -4.93. The Labute approximate surface area is 211 Å². The predicted molar refractivity (Wildman–Crippen MR) is 127 cm³/mol. The summed E-state index contributed by atoms with van der Waals surface area (Å²) in [4.78, 5) is 42.7. The molecule has 0 bridgehead atoms. The summed E-state index contributed by atoms with van der Waals surface area (Å²) < 4.78 is 59.3. The number of nitrogens with one attached hydrogen (secondary N) is 2. The van der Waals surface area contributed by atoms with Gasteiger partial charge in [-0.2, -0.15) is 13.2 Å². The maximum absolute atomic E-state index is 13.7. The summed E-state index contributed by atoms with van der Waals surface area (Å²) in [5.74, 6) is -3.26. The number of alkyl halides is 3. The number of hydrogen-bond acceptors (Lipinski definition) is 5. The lowest BCUT2D eigenvalue weighted by molar-refractivity contribution is -0.146. The van der Waals surface area contributed by atoms with Crippen molar-refractivity contribution >= 4 is 29.4 Å². The molecule has 2 atom stereocenters. The zero-order valence-electron chi connectivity index (χ0n) is 20.8. The number of likely N-dealkylation sites (tertiary alicyclic amines) is 1. The molecule has 2 heterocycles. The smallest absolute Gasteiger partial charge is 0.420 e. The van der Waals surface area contributed by atoms with Crippen molar-refractivity contribution in [1.82, 2.24) is 9.88 Å². The highest BCUT2D eigenvalue weighted by molar-refractivity contribution is 6.39. The topological polar surface area (TPSA) is 101 Å². The molecule has 3 amide bonds. The van der Waals surface area contributed by atoms with Crippen molar-refractivity contribution in [2.24, 2.45) is 5.92 Å². The molecular weight excluding hydrogens is 496 g/mol. The molecule has 3 rings (SSSR count). The van der Waals surface area contributed by atoms with Gasteiger partial charge in [0.05, 0.1) is 17.9 Å². The van der Waals surface area contributed by atoms with Crippen LogP contribution in [0.1, 0.15) is 57.7 Å². The number of pyridine rings is 1. The van der Waals surface area contributed by atoms with E-state index < -0.39 is 52.9 Å². The quantitative estimate of drug-likeness (QED) is 0.407. The molecular formula is C25H28F4N4O4. The number of carbonyl (C=O) groups excluding carboxylic acids is 3. The van der Waals surface area contributed by atoms with E-state index in [1.807, 2.05) is 12.2 Å². The lowest BCUT2D eigenvalue weighted by Gasteiger charge is -2.38. The highest BCUT2D eigenvalue weighted by Crippen LogP contribution is 2.36. The number of carbonyl (C=O) groups is 3. The number of rotatable bonds is 3. The molecule has 8 nitrogen and oxygen atoms in total. The summed E-state index contributed by atoms with van der Waals surface area (Å²) in [7, 11) is 0. The maximum atomic E-state index is 13.7. The van der Waals surface area contributed by atoms with Crippen molar-refractivity contribution in [2.45, 2.75) is 58.4 Å². The molecule has 0 saturated carbocycles. The minimum Gasteiger partial charge on any atom is -0.444 e. The zero-order valence-corrected chi connectivity index (χ0v) is 20.8. The Morgan fingerprint density at radius 1 is 1.05 bits per heavy atom. The number of piperidine rings is 1. The van der Waals surface area contributed by atoms with E-state index >= 15 is 0 Å². The van der Waals surface area contributed by atoms with E-state index in [-0.39, 0.29) is 18.2 Å². The van der Waals surface area contributed by atoms with E-state index in [1.54, 1.807) is 20.8 Å². The van der Waals surface area contributed by atoms with Crippen LogP contribution in [0.15, 0.2) is 36.5 Å². The lowest BCUT2D eigenvalue weighted by Crippen LogP contribution is -2.46. The van der Waals surface area contributed by atoms with Crippen molar-refractivity contribution < 1.29 is 36.7 Å². The van der Waals surface area contributed by atoms with Gasteiger partial charge in [0.25, 0.3) is 0 Å². The first-order valence-electron chi connectivity index (χ1n) is 11.6. The fourth-order valence-corrected chi connectivity index (χ4v) is 3.97. The molecule has 0 aliphatic carbocycles. The summed E-state index contributed by atoms with van der Waals surface area (Å²) in [6, 6.07) is 5.66. The van der Waals surface area contributed by atoms with Gasteiger partial charge < -0.3 is 15.0 Å². The van der Waals surface area contributed by atoms with Gasteiger partial charge in [0.2, 0.25) is 0 Å². The number of aromatic nitrogens is 1. The highest BCUT2D eigenvalue weighted by atomic mass is 19.4. The molecule has 37 heavy (non-hydrogen) atoms. The van der Waals surface area contributed by atoms with Gasteiger partial charge in [-0.1, -0.05) is 19.1 Å². The average Bonchev–Trinajstić information content (AvgIpc) is 2.78. The van der Waals surface area contributed by atoms with E-state index in [9.17, 15) is 31.9 Å². The number of benzene rings is 1. The SMILES string of the molecule is C[C@H]1CC[C@H](c2ccc(F)cc2)N(C(=O)C(=O)Nc2cnc(NC(=O)OC(C)(C)C)c(C(F)(F)F)c2)C1. The Morgan fingerprint density at radius 3 is 2.30 bits per heavy atom. The number of amides is 3. The molecule has 1 aromatic heterocycles. The summed E-state index contributed by atoms with van der Waals surface area (Å²) in [5.41, 5.74) is -2.02. The Bertz CT molecular complexity index is 1160. The van der Waals surface area contributed by atoms with Crippen molar-refractivity contribution in [1.29, 1.82) is 0 Å². The first kappa shape index (κ1) is 27.9. The van der Waals surface area contributed by atoms with Crippen molar-refractivity contribution in [3.05, 3.63) is 53.5 Å². The monoisotopic (exact) mass is 524 g/mol. The molecule has 200 valence electrons. The van der Waals surface area contributed by atoms with Crippen molar-refractivity contribution in [2.75, 3.05) is 17.2 Å². The van der Waals surface area contributed by atoms with Gasteiger partial charge in [0, 0.05) is 6.54 Å². The van der Waals surface area contributed by atoms with E-state index in [2.05, 4.69) is 10.3 Å². The molecule has 1 aromatic carbocycles. The number of ether oxygens (including phenoxy) is 1. The van der Waals surface area contributed by atoms with Gasteiger partial charge in [0.15, 0.2) is 0 Å². The lowest BCUT2D eigenvalue weighted by atomic mass is 9.90. The molecule has 12 heteroatoms. The van der Waals surface area contributed by atoms with Crippen LogP contribution in [0.4, 0.5) is 33.9 Å². The van der Waals surface area contributed by atoms with Crippen LogP contribution in [0.25, 0.3) is 0 Å². The fourth-order valence-electron chi connectivity index (χ4n) is 3.97. The predicted octanol–water partition coefficient (Wildman–Crippen LogP) is 5.52. The van der Waals surface area contributed by atoms with Crippen LogP contribution in [0.3, 0.4) is 0 Å². The van der Waals surface area contributed by atoms with Crippen LogP contribution in [0, 0.1) is 11.7 Å². The van der Waals surface area contributed by atoms with E-state index in [4.69, 9.17) is 4.74 Å². The van der Waals surface area contributed by atoms with Crippen LogP contribution in [-0.4, -0.2) is 39.9 Å². The summed E-state index contributed by atoms with van der Waals surface area (Å²) in [5, 5.41) is 4.12. The van der Waals surface area contributed by atoms with E-state index in [1.165, 1.54) is 29.2 Å². The second kappa shape index (κ2) is 10.7. The maximum Gasteiger partial charge on any atom is 0.420 e. The van der Waals surface area contributed by atoms with Gasteiger partial charge >= 0.3 is 24.1 Å². The van der Waals surface area contributed by atoms with E-state index in [0.29, 0.717) is 18.1 Å². The number of nitrogens with zero attached hydrogens (tertiary/aromatic N) is 2. The Balaban J connectivity index is 1.80. The van der Waals surface area contributed by atoms with Crippen LogP contribution in [0.5, 0.6) is 0 Å². The van der Waals surface area contributed by atoms with Crippen LogP contribution < -0.4 is 10.6 Å². The summed E-state index contributed by atoms with van der Waals surface area (Å²) in [6.45, 7) is 6.80. The number of hydrogen-bond donors (Lipinski definition) is 2. The summed E-state index contributed by atoms with van der Waals surface area (Å²) >= 11 is 0. The molecule has 0 unspecified atom stereocenters. The molecule has 1 saturated heterocycles. The molecule has 1 fully saturated rings. The zero-order chi connectivity index (χ0) is 27.5. The minimum absolute atomic E-state index is 0.0881. The van der Waals surface area contributed by atoms with Crippen LogP contribution in [-0.2, 0) is 20.5 Å². The van der Waals surface area contributed by atoms with Gasteiger partial charge in [0.1, 0.15) is 22.8 Å². The highest BCUT2D eigenvalue weighted by Gasteiger charge is 2.37. The Hall–Kier alpha value is -3.70. The molecule has 2 N–H and O–H groups in total. The molecule has 0 spiro atoms. The third-order valence-corrected chi connectivity index (χ3v) is 5.60. The van der Waals surface area contributed by atoms with Crippen molar-refractivity contribution in [3.8, 4) is 0 Å². The molecule has 0 radical (unpaired) electrons. The van der Waals surface area contributed by atoms with Crippen LogP contribution >= 0.6 is 0 Å². The normalized spacial score (nSPS) is 18.2. The average molecular weight is 525 g/mol. The third kappa shape index (κ3) is 7.40. The van der Waals surface area contributed by atoms with Crippen molar-refractivity contribution in [3.63, 3.8) is 0 Å². The molecule has 1 aliphatic heterocycles. The standard InChI is InChI=1S/C25H28F4N4O4/c1-14-5-10-19(15-6-8-16(26)9-7-15)33(13-14)22(35)21(34)31-17-11-18(25(27,28)29)20(30-12-17)32-23(36)37-24(2,3)4/h6-9,11-12,14,19H,5,10,13H2,1-4H3,(H,31,34)(H,30,32,36)/t14-,19+/m0/s1. The fraction of sp³-hybridized carbons (Fsp3) is 0.440. The van der Waals surface area contributed by atoms with Gasteiger partial charge in [-0.25, -0.2) is 14.2 Å². The molecule has 1 aliphatic rings.